The number of aliphatic hydroxyl groups is 1. The number of carbonyl (C=O) groups excluding carboxylic acids is 4. The molecule has 3 N–H and O–H groups in total. The van der Waals surface area contributed by atoms with Crippen LogP contribution in [0.3, 0.4) is 0 Å². The van der Waals surface area contributed by atoms with Crippen LogP contribution in [0, 0.1) is 5.92 Å². The summed E-state index contributed by atoms with van der Waals surface area (Å²) in [5, 5.41) is 10.6. The normalized spacial score (nSPS) is 14.2. The Morgan fingerprint density at radius 2 is 0.495 bits per heavy atom. The molecular weight excluding hydrogens is 1270 g/mol. The molecule has 0 aliphatic heterocycles. The van der Waals surface area contributed by atoms with Gasteiger partial charge in [0, 0.05) is 25.7 Å². The summed E-state index contributed by atoms with van der Waals surface area (Å²) in [6.45, 7) is 7.30. The van der Waals surface area contributed by atoms with E-state index in [0.29, 0.717) is 25.7 Å². The predicted octanol–water partition coefficient (Wildman–Crippen LogP) is 23.3. The number of rotatable bonds is 78. The third kappa shape index (κ3) is 70.9. The van der Waals surface area contributed by atoms with Crippen molar-refractivity contribution in [1.29, 1.82) is 0 Å². The van der Waals surface area contributed by atoms with Crippen LogP contribution in [-0.2, 0) is 65.4 Å². The fraction of sp³-hybridized carbons (Fsp3) is 0.949. The number of hydrogen-bond acceptors (Lipinski definition) is 15. The maximum absolute atomic E-state index is 13.1. The molecule has 19 heteroatoms. The molecule has 3 unspecified atom stereocenters. The summed E-state index contributed by atoms with van der Waals surface area (Å²) in [4.78, 5) is 72.9. The van der Waals surface area contributed by atoms with Crippen molar-refractivity contribution < 1.29 is 80.2 Å². The summed E-state index contributed by atoms with van der Waals surface area (Å²) < 4.78 is 68.6. The lowest BCUT2D eigenvalue weighted by atomic mass is 9.99. The second-order valence-electron chi connectivity index (χ2n) is 28.3. The molecule has 0 aliphatic rings. The minimum atomic E-state index is -4.96. The summed E-state index contributed by atoms with van der Waals surface area (Å²) in [5.41, 5.74) is 0. The van der Waals surface area contributed by atoms with Crippen LogP contribution in [0.5, 0.6) is 0 Å². The molecule has 97 heavy (non-hydrogen) atoms. The number of phosphoric ester groups is 2. The van der Waals surface area contributed by atoms with Crippen molar-refractivity contribution in [3.05, 3.63) is 0 Å². The lowest BCUT2D eigenvalue weighted by Crippen LogP contribution is -2.30. The van der Waals surface area contributed by atoms with Gasteiger partial charge in [-0.2, -0.15) is 0 Å². The van der Waals surface area contributed by atoms with Gasteiger partial charge in [0.25, 0.3) is 0 Å². The number of phosphoric acid groups is 2. The molecular formula is C78H152O17P2. The molecule has 0 amide bonds. The molecule has 0 heterocycles. The summed E-state index contributed by atoms with van der Waals surface area (Å²) in [6.07, 6.45) is 61.0. The summed E-state index contributed by atoms with van der Waals surface area (Å²) in [5.74, 6) is -1.34. The Kier molecular flexibility index (Phi) is 69.6. The van der Waals surface area contributed by atoms with E-state index in [9.17, 15) is 43.2 Å². The van der Waals surface area contributed by atoms with Gasteiger partial charge in [0.05, 0.1) is 26.4 Å². The largest absolute Gasteiger partial charge is 0.472 e. The van der Waals surface area contributed by atoms with E-state index in [1.807, 2.05) is 0 Å². The monoisotopic (exact) mass is 1420 g/mol. The minimum Gasteiger partial charge on any atom is -0.462 e. The van der Waals surface area contributed by atoms with E-state index in [4.69, 9.17) is 37.0 Å². The minimum absolute atomic E-state index is 0.106. The molecule has 0 fully saturated rings. The van der Waals surface area contributed by atoms with Gasteiger partial charge in [-0.25, -0.2) is 9.13 Å². The molecule has 0 aromatic carbocycles. The first-order valence-electron chi connectivity index (χ1n) is 40.7. The van der Waals surface area contributed by atoms with E-state index in [1.165, 1.54) is 238 Å². The van der Waals surface area contributed by atoms with Gasteiger partial charge >= 0.3 is 39.5 Å². The van der Waals surface area contributed by atoms with Gasteiger partial charge in [-0.1, -0.05) is 362 Å². The van der Waals surface area contributed by atoms with E-state index in [0.717, 1.165) is 95.8 Å². The fourth-order valence-corrected chi connectivity index (χ4v) is 13.6. The average molecular weight is 1420 g/mol. The maximum Gasteiger partial charge on any atom is 0.472 e. The van der Waals surface area contributed by atoms with Gasteiger partial charge in [-0.15, -0.1) is 0 Å². The van der Waals surface area contributed by atoms with Gasteiger partial charge in [0.2, 0.25) is 0 Å². The van der Waals surface area contributed by atoms with E-state index in [2.05, 4.69) is 34.6 Å². The molecule has 6 atom stereocenters. The number of aliphatic hydroxyl groups excluding tert-OH is 1. The van der Waals surface area contributed by atoms with Gasteiger partial charge < -0.3 is 33.8 Å². The molecule has 0 aromatic rings. The zero-order valence-corrected chi connectivity index (χ0v) is 65.0. The second kappa shape index (κ2) is 71.1. The highest BCUT2D eigenvalue weighted by Gasteiger charge is 2.30. The highest BCUT2D eigenvalue weighted by Crippen LogP contribution is 2.45. The standard InChI is InChI=1S/C78H152O17P2/c1-6-10-13-16-19-22-25-27-29-30-31-32-33-34-36-39-42-48-53-58-63-77(82)94-73(67-89-76(81)62-57-52-47-41-38-35-28-26-23-20-17-14-11-7-2)69-92-96(84,85)90-65-72(79)66-91-97(86,87)93-70-74(68-88-75(80)61-56-51-46-40-37-24-21-18-15-12-8-3)95-78(83)64-59-54-49-44-43-45-50-55-60-71(5)9-4/h71-74,79H,6-70H2,1-5H3,(H,84,85)(H,86,87)/t71?,72-,73-,74-/m1/s1. The second-order valence-corrected chi connectivity index (χ2v) is 31.3. The molecule has 17 nitrogen and oxygen atoms in total. The zero-order valence-electron chi connectivity index (χ0n) is 63.2. The van der Waals surface area contributed by atoms with Gasteiger partial charge in [0.15, 0.2) is 12.2 Å². The van der Waals surface area contributed by atoms with Gasteiger partial charge in [-0.05, 0) is 31.6 Å². The van der Waals surface area contributed by atoms with Gasteiger partial charge in [-0.3, -0.25) is 37.3 Å². The van der Waals surface area contributed by atoms with E-state index >= 15 is 0 Å². The number of hydrogen-bond donors (Lipinski definition) is 3. The van der Waals surface area contributed by atoms with Crippen LogP contribution in [0.15, 0.2) is 0 Å². The van der Waals surface area contributed by atoms with Crippen molar-refractivity contribution in [2.24, 2.45) is 5.92 Å². The predicted molar refractivity (Wildman–Crippen MR) is 395 cm³/mol. The van der Waals surface area contributed by atoms with Crippen molar-refractivity contribution in [3.63, 3.8) is 0 Å². The Hall–Kier alpha value is -1.94. The summed E-state index contributed by atoms with van der Waals surface area (Å²) >= 11 is 0. The molecule has 576 valence electrons. The van der Waals surface area contributed by atoms with Crippen LogP contribution < -0.4 is 0 Å². The van der Waals surface area contributed by atoms with Crippen LogP contribution >= 0.6 is 15.6 Å². The Morgan fingerprint density at radius 3 is 0.732 bits per heavy atom. The molecule has 0 bridgehead atoms. The SMILES string of the molecule is CCCCCCCCCCCCCCCCCCCCCCC(=O)O[C@H](COC(=O)CCCCCCCCCCCCCCCC)COP(=O)(O)OC[C@@H](O)COP(=O)(O)OC[C@@H](COC(=O)CCCCCCCCCCCCC)OC(=O)CCCCCCCCCCC(C)CC. The third-order valence-electron chi connectivity index (χ3n) is 18.6. The molecule has 0 aromatic heterocycles. The highest BCUT2D eigenvalue weighted by molar-refractivity contribution is 7.47. The average Bonchev–Trinajstić information content (AvgIpc) is 1.69. The van der Waals surface area contributed by atoms with Gasteiger partial charge in [0.1, 0.15) is 19.3 Å². The van der Waals surface area contributed by atoms with Crippen molar-refractivity contribution in [1.82, 2.24) is 0 Å². The Balaban J connectivity index is 5.23. The molecule has 0 radical (unpaired) electrons. The maximum atomic E-state index is 13.1. The van der Waals surface area contributed by atoms with E-state index in [-0.39, 0.29) is 25.7 Å². The van der Waals surface area contributed by atoms with Crippen LogP contribution in [0.1, 0.15) is 413 Å². The Bertz CT molecular complexity index is 1860. The lowest BCUT2D eigenvalue weighted by molar-refractivity contribution is -0.161. The van der Waals surface area contributed by atoms with Crippen molar-refractivity contribution in [2.75, 3.05) is 39.6 Å². The Morgan fingerprint density at radius 1 is 0.289 bits per heavy atom. The van der Waals surface area contributed by atoms with Crippen molar-refractivity contribution in [3.8, 4) is 0 Å². The fourth-order valence-electron chi connectivity index (χ4n) is 12.0. The first kappa shape index (κ1) is 95.1. The number of ether oxygens (including phenoxy) is 4. The number of unbranched alkanes of at least 4 members (excludes halogenated alkanes) is 49. The van der Waals surface area contributed by atoms with Crippen LogP contribution in [-0.4, -0.2) is 96.7 Å². The highest BCUT2D eigenvalue weighted by atomic mass is 31.2. The Labute approximate surface area is 594 Å². The van der Waals surface area contributed by atoms with Crippen LogP contribution in [0.25, 0.3) is 0 Å². The topological polar surface area (TPSA) is 237 Å². The summed E-state index contributed by atoms with van der Waals surface area (Å²) in [7, 11) is -9.91. The van der Waals surface area contributed by atoms with Crippen LogP contribution in [0.2, 0.25) is 0 Å². The first-order valence-corrected chi connectivity index (χ1v) is 43.7. The molecule has 0 spiro atoms. The molecule has 0 rings (SSSR count). The van der Waals surface area contributed by atoms with Crippen molar-refractivity contribution in [2.45, 2.75) is 432 Å². The molecule has 0 saturated heterocycles. The quantitative estimate of drug-likeness (QED) is 0.0222. The number of esters is 4. The first-order chi connectivity index (χ1) is 47.1. The lowest BCUT2D eigenvalue weighted by Gasteiger charge is -2.21. The zero-order chi connectivity index (χ0) is 71.2. The van der Waals surface area contributed by atoms with Crippen LogP contribution in [0.4, 0.5) is 0 Å². The molecule has 0 aliphatic carbocycles. The molecule has 0 saturated carbocycles. The van der Waals surface area contributed by atoms with Crippen molar-refractivity contribution >= 4 is 39.5 Å². The number of carbonyl (C=O) groups is 4. The smallest absolute Gasteiger partial charge is 0.462 e. The summed E-state index contributed by atoms with van der Waals surface area (Å²) in [6, 6.07) is 0. The van der Waals surface area contributed by atoms with E-state index < -0.39 is 97.5 Å². The van der Waals surface area contributed by atoms with E-state index in [1.54, 1.807) is 0 Å². The third-order valence-corrected chi connectivity index (χ3v) is 20.5.